The van der Waals surface area contributed by atoms with Gasteiger partial charge >= 0.3 is 0 Å². The van der Waals surface area contributed by atoms with E-state index in [4.69, 9.17) is 14.5 Å². The molecule has 29 heavy (non-hydrogen) atoms. The quantitative estimate of drug-likeness (QED) is 0.553. The average Bonchev–Trinajstić information content (AvgIpc) is 3.18. The lowest BCUT2D eigenvalue weighted by atomic mass is 10.1. The van der Waals surface area contributed by atoms with E-state index in [1.807, 2.05) is 54.8 Å². The van der Waals surface area contributed by atoms with Gasteiger partial charge in [0, 0.05) is 23.1 Å². The first-order valence-corrected chi connectivity index (χ1v) is 12.0. The molecular weight excluding hydrogens is 408 g/mol. The molecule has 0 saturated carbocycles. The summed E-state index contributed by atoms with van der Waals surface area (Å²) < 4.78 is 35.8. The van der Waals surface area contributed by atoms with Crippen molar-refractivity contribution in [2.75, 3.05) is 26.5 Å². The van der Waals surface area contributed by atoms with Crippen molar-refractivity contribution in [2.45, 2.75) is 13.3 Å². The number of thiazole rings is 1. The lowest BCUT2D eigenvalue weighted by molar-refractivity contribution is 0.311. The largest absolute Gasteiger partial charge is 0.493 e. The van der Waals surface area contributed by atoms with Crippen LogP contribution in [0.5, 0.6) is 11.5 Å². The fourth-order valence-electron chi connectivity index (χ4n) is 2.84. The molecule has 0 atom stereocenters. The molecular formula is C21H24N2O4S2. The molecule has 1 heterocycles. The molecule has 0 bridgehead atoms. The summed E-state index contributed by atoms with van der Waals surface area (Å²) in [5.74, 6) is 1.41. The first kappa shape index (κ1) is 21.3. The van der Waals surface area contributed by atoms with Gasteiger partial charge < -0.3 is 9.47 Å². The van der Waals surface area contributed by atoms with Crippen molar-refractivity contribution in [3.8, 4) is 33.3 Å². The second-order valence-electron chi connectivity index (χ2n) is 6.45. The topological polar surface area (TPSA) is 77.5 Å². The monoisotopic (exact) mass is 432 g/mol. The minimum atomic E-state index is -3.16. The predicted molar refractivity (Wildman–Crippen MR) is 117 cm³/mol. The Hall–Kier alpha value is -2.42. The van der Waals surface area contributed by atoms with E-state index in [0.717, 1.165) is 39.4 Å². The molecule has 0 aliphatic heterocycles. The highest BCUT2D eigenvalue weighted by Crippen LogP contribution is 2.35. The number of aromatic nitrogens is 1. The van der Waals surface area contributed by atoms with Gasteiger partial charge in [0.25, 0.3) is 0 Å². The van der Waals surface area contributed by atoms with E-state index < -0.39 is 10.0 Å². The Kier molecular flexibility index (Phi) is 6.89. The van der Waals surface area contributed by atoms with Crippen molar-refractivity contribution >= 4 is 21.4 Å². The van der Waals surface area contributed by atoms with Gasteiger partial charge in [-0.05, 0) is 37.1 Å². The Morgan fingerprint density at radius 1 is 1.07 bits per heavy atom. The van der Waals surface area contributed by atoms with Crippen LogP contribution in [0.4, 0.5) is 0 Å². The third kappa shape index (κ3) is 5.79. The van der Waals surface area contributed by atoms with Crippen LogP contribution in [0.2, 0.25) is 0 Å². The van der Waals surface area contributed by atoms with E-state index in [-0.39, 0.29) is 0 Å². The standard InChI is InChI=1S/C21H24N2O4S2/c1-4-27-19-10-9-17(13-20(19)26-2)21-23-18(14-28-21)16-7-5-15(6-8-16)11-12-22-29(3,24)25/h5-10,13-14,22H,4,11-12H2,1-3H3. The molecule has 0 radical (unpaired) electrons. The van der Waals surface area contributed by atoms with Crippen LogP contribution in [0, 0.1) is 0 Å². The molecule has 3 rings (SSSR count). The van der Waals surface area contributed by atoms with Gasteiger partial charge in [-0.2, -0.15) is 0 Å². The third-order valence-corrected chi connectivity index (χ3v) is 5.86. The van der Waals surface area contributed by atoms with Crippen molar-refractivity contribution in [1.29, 1.82) is 0 Å². The summed E-state index contributed by atoms with van der Waals surface area (Å²) in [6.45, 7) is 2.91. The number of benzene rings is 2. The van der Waals surface area contributed by atoms with Crippen LogP contribution < -0.4 is 14.2 Å². The molecule has 0 aliphatic carbocycles. The minimum absolute atomic E-state index is 0.388. The van der Waals surface area contributed by atoms with Crippen molar-refractivity contribution < 1.29 is 17.9 Å². The average molecular weight is 433 g/mol. The zero-order valence-electron chi connectivity index (χ0n) is 16.6. The van der Waals surface area contributed by atoms with Crippen LogP contribution in [0.3, 0.4) is 0 Å². The Bertz CT molecular complexity index is 1060. The van der Waals surface area contributed by atoms with Crippen LogP contribution in [-0.2, 0) is 16.4 Å². The number of ether oxygens (including phenoxy) is 2. The number of nitrogens with zero attached hydrogens (tertiary/aromatic N) is 1. The fourth-order valence-corrected chi connectivity index (χ4v) is 4.14. The summed E-state index contributed by atoms with van der Waals surface area (Å²) in [4.78, 5) is 4.76. The molecule has 1 N–H and O–H groups in total. The van der Waals surface area contributed by atoms with Crippen LogP contribution in [0.1, 0.15) is 12.5 Å². The van der Waals surface area contributed by atoms with E-state index in [1.54, 1.807) is 18.4 Å². The number of hydrogen-bond acceptors (Lipinski definition) is 6. The summed E-state index contributed by atoms with van der Waals surface area (Å²) in [6.07, 6.45) is 1.80. The summed E-state index contributed by atoms with van der Waals surface area (Å²) in [6, 6.07) is 13.8. The first-order valence-electron chi connectivity index (χ1n) is 9.20. The Morgan fingerprint density at radius 3 is 2.45 bits per heavy atom. The second-order valence-corrected chi connectivity index (χ2v) is 9.14. The maximum Gasteiger partial charge on any atom is 0.208 e. The SMILES string of the molecule is CCOc1ccc(-c2nc(-c3ccc(CCNS(C)(=O)=O)cc3)cs2)cc1OC. The van der Waals surface area contributed by atoms with Gasteiger partial charge in [-0.3, -0.25) is 0 Å². The maximum atomic E-state index is 11.1. The van der Waals surface area contributed by atoms with E-state index in [1.165, 1.54) is 0 Å². The van der Waals surface area contributed by atoms with Crippen molar-refractivity contribution in [3.05, 3.63) is 53.4 Å². The van der Waals surface area contributed by atoms with Gasteiger partial charge in [0.15, 0.2) is 11.5 Å². The number of nitrogens with one attached hydrogen (secondary N) is 1. The second kappa shape index (κ2) is 9.39. The van der Waals surface area contributed by atoms with Gasteiger partial charge in [0.2, 0.25) is 10.0 Å². The van der Waals surface area contributed by atoms with E-state index >= 15 is 0 Å². The number of methoxy groups -OCH3 is 1. The summed E-state index contributed by atoms with van der Waals surface area (Å²) >= 11 is 1.57. The van der Waals surface area contributed by atoms with Crippen LogP contribution >= 0.6 is 11.3 Å². The van der Waals surface area contributed by atoms with Gasteiger partial charge in [-0.25, -0.2) is 18.1 Å². The molecule has 0 aliphatic rings. The van der Waals surface area contributed by atoms with Gasteiger partial charge in [0.05, 0.1) is 25.7 Å². The van der Waals surface area contributed by atoms with Gasteiger partial charge in [-0.15, -0.1) is 11.3 Å². The van der Waals surface area contributed by atoms with Gasteiger partial charge in [-0.1, -0.05) is 24.3 Å². The van der Waals surface area contributed by atoms with Crippen LogP contribution in [0.25, 0.3) is 21.8 Å². The number of rotatable bonds is 9. The van der Waals surface area contributed by atoms with E-state index in [9.17, 15) is 8.42 Å². The molecule has 0 saturated heterocycles. The van der Waals surface area contributed by atoms with Crippen molar-refractivity contribution in [1.82, 2.24) is 9.71 Å². The first-order chi connectivity index (χ1) is 13.9. The maximum absolute atomic E-state index is 11.1. The highest BCUT2D eigenvalue weighted by atomic mass is 32.2. The van der Waals surface area contributed by atoms with Crippen LogP contribution in [-0.4, -0.2) is 39.9 Å². The fraction of sp³-hybridized carbons (Fsp3) is 0.286. The number of sulfonamides is 1. The number of hydrogen-bond donors (Lipinski definition) is 1. The molecule has 3 aromatic rings. The third-order valence-electron chi connectivity index (χ3n) is 4.24. The summed E-state index contributed by atoms with van der Waals surface area (Å²) in [5, 5.41) is 2.93. The highest BCUT2D eigenvalue weighted by Gasteiger charge is 2.11. The molecule has 0 spiro atoms. The molecule has 0 amide bonds. The molecule has 0 unspecified atom stereocenters. The molecule has 6 nitrogen and oxygen atoms in total. The molecule has 2 aromatic carbocycles. The molecule has 8 heteroatoms. The zero-order chi connectivity index (χ0) is 20.9. The van der Waals surface area contributed by atoms with E-state index in [0.29, 0.717) is 25.3 Å². The molecule has 154 valence electrons. The van der Waals surface area contributed by atoms with Crippen molar-refractivity contribution in [3.63, 3.8) is 0 Å². The molecule has 0 fully saturated rings. The van der Waals surface area contributed by atoms with Crippen molar-refractivity contribution in [2.24, 2.45) is 0 Å². The van der Waals surface area contributed by atoms with Crippen LogP contribution in [0.15, 0.2) is 47.8 Å². The minimum Gasteiger partial charge on any atom is -0.493 e. The predicted octanol–water partition coefficient (Wildman–Crippen LogP) is 3.98. The summed E-state index contributed by atoms with van der Waals surface area (Å²) in [5.41, 5.74) is 3.96. The Morgan fingerprint density at radius 2 is 1.79 bits per heavy atom. The lowest BCUT2D eigenvalue weighted by Gasteiger charge is -2.09. The lowest BCUT2D eigenvalue weighted by Crippen LogP contribution is -2.24. The van der Waals surface area contributed by atoms with Gasteiger partial charge in [0.1, 0.15) is 5.01 Å². The highest BCUT2D eigenvalue weighted by molar-refractivity contribution is 7.88. The smallest absolute Gasteiger partial charge is 0.208 e. The zero-order valence-corrected chi connectivity index (χ0v) is 18.3. The Balaban J connectivity index is 1.73. The normalized spacial score (nSPS) is 11.4. The molecule has 1 aromatic heterocycles. The Labute approximate surface area is 175 Å². The summed E-state index contributed by atoms with van der Waals surface area (Å²) in [7, 11) is -1.53. The van der Waals surface area contributed by atoms with E-state index in [2.05, 4.69) is 4.72 Å².